The average molecular weight is 433 g/mol. The fourth-order valence-corrected chi connectivity index (χ4v) is 5.13. The number of nitrogens with zero attached hydrogens (tertiary/aromatic N) is 2. The molecule has 1 aliphatic carbocycles. The summed E-state index contributed by atoms with van der Waals surface area (Å²) in [6.07, 6.45) is 5.98. The number of nitrogens with one attached hydrogen (secondary N) is 2. The van der Waals surface area contributed by atoms with E-state index in [1.807, 2.05) is 11.0 Å². The number of benzene rings is 1. The fraction of sp³-hybridized carbons (Fsp3) is 0.636. The Hall–Kier alpha value is -1.93. The number of carbonyl (C=O) groups is 2. The molecule has 8 heteroatoms. The lowest BCUT2D eigenvalue weighted by molar-refractivity contribution is -0.135. The maximum absolute atomic E-state index is 12.5. The number of rotatable bonds is 8. The molecule has 164 valence electrons. The number of piperidine rings is 1. The second kappa shape index (κ2) is 9.47. The van der Waals surface area contributed by atoms with Crippen LogP contribution >= 0.6 is 0 Å². The first-order valence-electron chi connectivity index (χ1n) is 11.0. The smallest absolute Gasteiger partial charge is 0.241 e. The van der Waals surface area contributed by atoms with Gasteiger partial charge in [0.05, 0.1) is 18.2 Å². The predicted molar refractivity (Wildman–Crippen MR) is 119 cm³/mol. The van der Waals surface area contributed by atoms with Crippen molar-refractivity contribution in [2.24, 2.45) is 11.8 Å². The van der Waals surface area contributed by atoms with E-state index < -0.39 is 11.0 Å². The summed E-state index contributed by atoms with van der Waals surface area (Å²) in [5, 5.41) is 5.84. The molecule has 1 aromatic rings. The van der Waals surface area contributed by atoms with Gasteiger partial charge in [-0.05, 0) is 49.1 Å². The first-order chi connectivity index (χ1) is 14.5. The predicted octanol–water partition coefficient (Wildman–Crippen LogP) is 1.24. The minimum Gasteiger partial charge on any atom is -0.347 e. The van der Waals surface area contributed by atoms with E-state index in [0.29, 0.717) is 38.0 Å². The third-order valence-electron chi connectivity index (χ3n) is 6.49. The van der Waals surface area contributed by atoms with E-state index in [1.165, 1.54) is 18.4 Å². The highest BCUT2D eigenvalue weighted by molar-refractivity contribution is 7.85. The number of para-hydroxylation sites is 1. The maximum atomic E-state index is 12.5. The Morgan fingerprint density at radius 3 is 2.47 bits per heavy atom. The lowest BCUT2D eigenvalue weighted by Gasteiger charge is -2.35. The molecule has 0 bridgehead atoms. The van der Waals surface area contributed by atoms with E-state index >= 15 is 0 Å². The van der Waals surface area contributed by atoms with Gasteiger partial charge in [-0.25, -0.2) is 4.21 Å². The number of anilines is 1. The first kappa shape index (κ1) is 21.3. The summed E-state index contributed by atoms with van der Waals surface area (Å²) in [5.41, 5.74) is 2.32. The SMILES string of the molecule is CS(=O)N(CC1CC1)c1ccccc1C1CCN(C(=O)CNC(=O)C2CNC2)CC1. The number of hydrogen-bond donors (Lipinski definition) is 2. The Balaban J connectivity index is 1.34. The Morgan fingerprint density at radius 2 is 1.87 bits per heavy atom. The van der Waals surface area contributed by atoms with Crippen molar-refractivity contribution in [1.82, 2.24) is 15.5 Å². The van der Waals surface area contributed by atoms with Crippen molar-refractivity contribution in [3.05, 3.63) is 29.8 Å². The number of carbonyl (C=O) groups excluding carboxylic acids is 2. The Morgan fingerprint density at radius 1 is 1.17 bits per heavy atom. The van der Waals surface area contributed by atoms with E-state index in [-0.39, 0.29) is 24.3 Å². The molecule has 3 fully saturated rings. The fourth-order valence-electron chi connectivity index (χ4n) is 4.27. The lowest BCUT2D eigenvalue weighted by atomic mass is 9.88. The summed E-state index contributed by atoms with van der Waals surface area (Å²) >= 11 is 0. The normalized spacial score (nSPS) is 21.0. The van der Waals surface area contributed by atoms with Gasteiger partial charge in [-0.1, -0.05) is 18.2 Å². The summed E-state index contributed by atoms with van der Waals surface area (Å²) in [7, 11) is -1.05. The van der Waals surface area contributed by atoms with Crippen molar-refractivity contribution in [2.75, 3.05) is 49.8 Å². The molecule has 1 atom stereocenters. The van der Waals surface area contributed by atoms with Crippen molar-refractivity contribution in [2.45, 2.75) is 31.6 Å². The lowest BCUT2D eigenvalue weighted by Crippen LogP contribution is -2.52. The molecule has 2 saturated heterocycles. The zero-order chi connectivity index (χ0) is 21.1. The van der Waals surface area contributed by atoms with Crippen LogP contribution in [0.15, 0.2) is 24.3 Å². The Kier molecular flexibility index (Phi) is 6.73. The molecular weight excluding hydrogens is 400 g/mol. The Bertz CT molecular complexity index is 801. The van der Waals surface area contributed by atoms with Crippen LogP contribution in [0.5, 0.6) is 0 Å². The molecule has 1 unspecified atom stereocenters. The van der Waals surface area contributed by atoms with E-state index in [0.717, 1.165) is 25.1 Å². The van der Waals surface area contributed by atoms with Gasteiger partial charge in [0.15, 0.2) is 0 Å². The molecule has 0 radical (unpaired) electrons. The van der Waals surface area contributed by atoms with Gasteiger partial charge >= 0.3 is 0 Å². The van der Waals surface area contributed by atoms with Crippen LogP contribution < -0.4 is 14.9 Å². The van der Waals surface area contributed by atoms with Crippen molar-refractivity contribution >= 4 is 28.5 Å². The van der Waals surface area contributed by atoms with Gasteiger partial charge in [0, 0.05) is 39.0 Å². The topological polar surface area (TPSA) is 81.8 Å². The van der Waals surface area contributed by atoms with E-state index in [1.54, 1.807) is 6.26 Å². The van der Waals surface area contributed by atoms with Crippen LogP contribution in [0, 0.1) is 11.8 Å². The molecular formula is C22H32N4O3S. The molecule has 30 heavy (non-hydrogen) atoms. The third kappa shape index (κ3) is 5.03. The van der Waals surface area contributed by atoms with Gasteiger partial charge in [0.25, 0.3) is 0 Å². The first-order valence-corrected chi connectivity index (χ1v) is 12.5. The van der Waals surface area contributed by atoms with Gasteiger partial charge in [0.2, 0.25) is 11.8 Å². The Labute approximate surface area is 181 Å². The minimum atomic E-state index is -1.05. The highest BCUT2D eigenvalue weighted by Crippen LogP contribution is 2.38. The molecule has 1 aromatic carbocycles. The molecule has 4 rings (SSSR count). The molecule has 3 aliphatic rings. The van der Waals surface area contributed by atoms with Crippen molar-refractivity contribution < 1.29 is 13.8 Å². The van der Waals surface area contributed by atoms with E-state index in [9.17, 15) is 13.8 Å². The van der Waals surface area contributed by atoms with Gasteiger partial charge in [0.1, 0.15) is 11.0 Å². The summed E-state index contributed by atoms with van der Waals surface area (Å²) in [6.45, 7) is 3.72. The average Bonchev–Trinajstić information content (AvgIpc) is 3.53. The van der Waals surface area contributed by atoms with Gasteiger partial charge in [-0.15, -0.1) is 0 Å². The third-order valence-corrected chi connectivity index (χ3v) is 7.46. The van der Waals surface area contributed by atoms with Crippen LogP contribution in [0.3, 0.4) is 0 Å². The summed E-state index contributed by atoms with van der Waals surface area (Å²) < 4.78 is 14.5. The van der Waals surface area contributed by atoms with Crippen molar-refractivity contribution in [1.29, 1.82) is 0 Å². The minimum absolute atomic E-state index is 0.00254. The maximum Gasteiger partial charge on any atom is 0.241 e. The number of amides is 2. The molecule has 0 aromatic heterocycles. The van der Waals surface area contributed by atoms with Crippen molar-refractivity contribution in [3.63, 3.8) is 0 Å². The standard InChI is InChI=1S/C22H32N4O3S/c1-30(29)26(15-16-6-7-16)20-5-3-2-4-19(20)17-8-10-25(11-9-17)21(27)14-24-22(28)18-12-23-13-18/h2-5,16-18,23H,6-15H2,1H3,(H,24,28). The van der Waals surface area contributed by atoms with Crippen LogP contribution in [0.25, 0.3) is 0 Å². The number of hydrogen-bond acceptors (Lipinski definition) is 4. The second-order valence-electron chi connectivity index (χ2n) is 8.72. The highest BCUT2D eigenvalue weighted by atomic mass is 32.2. The van der Waals surface area contributed by atoms with Crippen LogP contribution in [0.1, 0.15) is 37.2 Å². The summed E-state index contributed by atoms with van der Waals surface area (Å²) in [6, 6.07) is 8.30. The monoisotopic (exact) mass is 432 g/mol. The van der Waals surface area contributed by atoms with Gasteiger partial charge in [-0.2, -0.15) is 0 Å². The van der Waals surface area contributed by atoms with Gasteiger partial charge < -0.3 is 15.5 Å². The van der Waals surface area contributed by atoms with E-state index in [2.05, 4.69) is 33.1 Å². The highest BCUT2D eigenvalue weighted by Gasteiger charge is 2.31. The summed E-state index contributed by atoms with van der Waals surface area (Å²) in [4.78, 5) is 26.3. The van der Waals surface area contributed by atoms with Crippen LogP contribution in [0.2, 0.25) is 0 Å². The quantitative estimate of drug-likeness (QED) is 0.648. The molecule has 7 nitrogen and oxygen atoms in total. The second-order valence-corrected chi connectivity index (χ2v) is 10.0. The molecule has 2 N–H and O–H groups in total. The van der Waals surface area contributed by atoms with E-state index in [4.69, 9.17) is 0 Å². The largest absolute Gasteiger partial charge is 0.347 e. The zero-order valence-corrected chi connectivity index (χ0v) is 18.5. The molecule has 2 aliphatic heterocycles. The van der Waals surface area contributed by atoms with Crippen molar-refractivity contribution in [3.8, 4) is 0 Å². The molecule has 0 spiro atoms. The molecule has 1 saturated carbocycles. The number of likely N-dealkylation sites (tertiary alicyclic amines) is 1. The molecule has 2 heterocycles. The zero-order valence-electron chi connectivity index (χ0n) is 17.6. The van der Waals surface area contributed by atoms with Gasteiger partial charge in [-0.3, -0.25) is 13.9 Å². The summed E-state index contributed by atoms with van der Waals surface area (Å²) in [5.74, 6) is 0.975. The van der Waals surface area contributed by atoms with Crippen LogP contribution in [-0.4, -0.2) is 66.4 Å². The molecule has 2 amide bonds. The van der Waals surface area contributed by atoms with Crippen LogP contribution in [-0.2, 0) is 20.6 Å². The van der Waals surface area contributed by atoms with Crippen LogP contribution in [0.4, 0.5) is 5.69 Å².